The molecule has 0 N–H and O–H groups in total. The number of hydrogen-bond donors (Lipinski definition) is 0. The number of aromatic nitrogens is 6. The molecule has 0 aliphatic carbocycles. The first-order chi connectivity index (χ1) is 9.29. The maximum absolute atomic E-state index is 5.84. The Morgan fingerprint density at radius 1 is 1.32 bits per heavy atom. The van der Waals surface area contributed by atoms with Crippen molar-refractivity contribution in [1.82, 2.24) is 29.3 Å². The molecular weight excluding hydrogens is 264 g/mol. The highest BCUT2D eigenvalue weighted by atomic mass is 35.5. The Labute approximate surface area is 115 Å². The summed E-state index contributed by atoms with van der Waals surface area (Å²) in [5.74, 6) is 2.31. The first kappa shape index (κ1) is 12.1. The van der Waals surface area contributed by atoms with Gasteiger partial charge in [-0.25, -0.2) is 9.97 Å². The highest BCUT2D eigenvalue weighted by Crippen LogP contribution is 2.15. The third kappa shape index (κ3) is 2.19. The topological polar surface area (TPSA) is 61.4 Å². The van der Waals surface area contributed by atoms with Crippen LogP contribution in [-0.4, -0.2) is 35.2 Å². The Kier molecular flexibility index (Phi) is 3.16. The van der Waals surface area contributed by atoms with E-state index in [4.69, 9.17) is 11.6 Å². The molecule has 0 aliphatic rings. The number of fused-ring (bicyclic) bond motifs is 1. The van der Waals surface area contributed by atoms with Crippen LogP contribution in [0.2, 0.25) is 0 Å². The van der Waals surface area contributed by atoms with Gasteiger partial charge in [-0.05, 0) is 12.1 Å². The Morgan fingerprint density at radius 3 is 2.95 bits per heavy atom. The molecule has 19 heavy (non-hydrogen) atoms. The van der Waals surface area contributed by atoms with Gasteiger partial charge in [0.15, 0.2) is 11.5 Å². The Hall–Kier alpha value is -1.95. The van der Waals surface area contributed by atoms with Crippen LogP contribution in [0.5, 0.6) is 0 Å². The largest absolute Gasteiger partial charge is 0.319 e. The zero-order chi connectivity index (χ0) is 13.2. The minimum atomic E-state index is 0.530. The number of pyridine rings is 1. The van der Waals surface area contributed by atoms with Crippen LogP contribution in [0.15, 0.2) is 24.7 Å². The number of aryl methyl sites for hydroxylation is 2. The number of nitrogens with zero attached hydrogens (tertiary/aromatic N) is 6. The predicted octanol–water partition coefficient (Wildman–Crippen LogP) is 1.39. The van der Waals surface area contributed by atoms with E-state index in [1.807, 2.05) is 28.3 Å². The molecule has 3 rings (SSSR count). The van der Waals surface area contributed by atoms with Crippen LogP contribution in [0.25, 0.3) is 11.2 Å². The molecule has 0 amide bonds. The number of alkyl halides is 1. The minimum Gasteiger partial charge on any atom is -0.319 e. The van der Waals surface area contributed by atoms with Crippen molar-refractivity contribution in [2.45, 2.75) is 13.0 Å². The van der Waals surface area contributed by atoms with E-state index in [1.165, 1.54) is 0 Å². The number of hydrogen-bond acceptors (Lipinski definition) is 4. The maximum atomic E-state index is 5.84. The summed E-state index contributed by atoms with van der Waals surface area (Å²) in [5, 5.41) is 7.99. The molecule has 3 aromatic heterocycles. The van der Waals surface area contributed by atoms with E-state index in [2.05, 4.69) is 20.2 Å². The molecule has 0 radical (unpaired) electrons. The zero-order valence-electron chi connectivity index (χ0n) is 10.5. The van der Waals surface area contributed by atoms with Crippen molar-refractivity contribution < 1.29 is 0 Å². The second-order valence-electron chi connectivity index (χ2n) is 4.26. The molecule has 3 heterocycles. The molecule has 0 bridgehead atoms. The van der Waals surface area contributed by atoms with Crippen molar-refractivity contribution in [2.24, 2.45) is 7.05 Å². The van der Waals surface area contributed by atoms with E-state index in [0.717, 1.165) is 22.8 Å². The quantitative estimate of drug-likeness (QED) is 0.676. The second kappa shape index (κ2) is 4.97. The van der Waals surface area contributed by atoms with E-state index in [0.29, 0.717) is 18.8 Å². The average Bonchev–Trinajstić information content (AvgIpc) is 2.96. The molecule has 0 atom stereocenters. The van der Waals surface area contributed by atoms with E-state index < -0.39 is 0 Å². The van der Waals surface area contributed by atoms with Gasteiger partial charge in [0.2, 0.25) is 0 Å². The van der Waals surface area contributed by atoms with E-state index >= 15 is 0 Å². The molecule has 98 valence electrons. The minimum absolute atomic E-state index is 0.530. The van der Waals surface area contributed by atoms with Crippen molar-refractivity contribution in [1.29, 1.82) is 0 Å². The standard InChI is InChI=1S/C12H13ClN6/c1-18-8-15-17-11(18)7-19-10(4-5-13)16-9-3-2-6-14-12(9)19/h2-3,6,8H,4-5,7H2,1H3. The monoisotopic (exact) mass is 276 g/mol. The van der Waals surface area contributed by atoms with Gasteiger partial charge in [-0.3, -0.25) is 0 Å². The summed E-state index contributed by atoms with van der Waals surface area (Å²) >= 11 is 5.84. The number of halogens is 1. The molecule has 0 unspecified atom stereocenters. The van der Waals surface area contributed by atoms with Crippen molar-refractivity contribution in [3.8, 4) is 0 Å². The van der Waals surface area contributed by atoms with Gasteiger partial charge in [0, 0.05) is 25.5 Å². The van der Waals surface area contributed by atoms with E-state index in [1.54, 1.807) is 12.5 Å². The summed E-state index contributed by atoms with van der Waals surface area (Å²) < 4.78 is 3.93. The van der Waals surface area contributed by atoms with Crippen LogP contribution in [0.1, 0.15) is 11.6 Å². The Bertz CT molecular complexity index is 701. The lowest BCUT2D eigenvalue weighted by molar-refractivity contribution is 0.676. The van der Waals surface area contributed by atoms with Crippen molar-refractivity contribution >= 4 is 22.8 Å². The van der Waals surface area contributed by atoms with Gasteiger partial charge in [0.1, 0.15) is 17.7 Å². The van der Waals surface area contributed by atoms with Gasteiger partial charge < -0.3 is 9.13 Å². The van der Waals surface area contributed by atoms with Gasteiger partial charge in [-0.1, -0.05) is 0 Å². The van der Waals surface area contributed by atoms with E-state index in [9.17, 15) is 0 Å². The summed E-state index contributed by atoms with van der Waals surface area (Å²) in [5.41, 5.74) is 1.73. The van der Waals surface area contributed by atoms with Gasteiger partial charge in [-0.2, -0.15) is 0 Å². The van der Waals surface area contributed by atoms with Gasteiger partial charge in [-0.15, -0.1) is 21.8 Å². The molecule has 6 nitrogen and oxygen atoms in total. The lowest BCUT2D eigenvalue weighted by atomic mass is 10.4. The SMILES string of the molecule is Cn1cnnc1Cn1c(CCCl)nc2cccnc21. The predicted molar refractivity (Wildman–Crippen MR) is 72.1 cm³/mol. The molecular formula is C12H13ClN6. The summed E-state index contributed by atoms with van der Waals surface area (Å²) in [6.07, 6.45) is 4.15. The highest BCUT2D eigenvalue weighted by Gasteiger charge is 2.13. The lowest BCUT2D eigenvalue weighted by Gasteiger charge is -2.06. The fourth-order valence-corrected chi connectivity index (χ4v) is 2.21. The fourth-order valence-electron chi connectivity index (χ4n) is 2.04. The molecule has 0 saturated heterocycles. The Morgan fingerprint density at radius 2 is 2.21 bits per heavy atom. The fraction of sp³-hybridized carbons (Fsp3) is 0.333. The average molecular weight is 277 g/mol. The smallest absolute Gasteiger partial charge is 0.160 e. The van der Waals surface area contributed by atoms with E-state index in [-0.39, 0.29) is 0 Å². The van der Waals surface area contributed by atoms with Crippen molar-refractivity contribution in [2.75, 3.05) is 5.88 Å². The van der Waals surface area contributed by atoms with Gasteiger partial charge in [0.25, 0.3) is 0 Å². The normalized spacial score (nSPS) is 11.3. The van der Waals surface area contributed by atoms with Crippen LogP contribution in [-0.2, 0) is 20.0 Å². The van der Waals surface area contributed by atoms with Crippen LogP contribution in [0.4, 0.5) is 0 Å². The molecule has 7 heteroatoms. The molecule has 0 aliphatic heterocycles. The first-order valence-electron chi connectivity index (χ1n) is 5.98. The summed E-state index contributed by atoms with van der Waals surface area (Å²) in [7, 11) is 1.92. The lowest BCUT2D eigenvalue weighted by Crippen LogP contribution is -2.10. The molecule has 3 aromatic rings. The summed E-state index contributed by atoms with van der Waals surface area (Å²) in [6, 6.07) is 3.83. The molecule has 0 spiro atoms. The first-order valence-corrected chi connectivity index (χ1v) is 6.52. The zero-order valence-corrected chi connectivity index (χ0v) is 11.2. The van der Waals surface area contributed by atoms with Gasteiger partial charge >= 0.3 is 0 Å². The Balaban J connectivity index is 2.09. The number of rotatable bonds is 4. The maximum Gasteiger partial charge on any atom is 0.160 e. The third-order valence-electron chi connectivity index (χ3n) is 3.01. The summed E-state index contributed by atoms with van der Waals surface area (Å²) in [4.78, 5) is 8.97. The van der Waals surface area contributed by atoms with Crippen LogP contribution in [0.3, 0.4) is 0 Å². The molecule has 0 aromatic carbocycles. The van der Waals surface area contributed by atoms with Crippen LogP contribution >= 0.6 is 11.6 Å². The van der Waals surface area contributed by atoms with Crippen molar-refractivity contribution in [3.05, 3.63) is 36.3 Å². The third-order valence-corrected chi connectivity index (χ3v) is 3.19. The molecule has 0 saturated carbocycles. The van der Waals surface area contributed by atoms with Crippen LogP contribution < -0.4 is 0 Å². The van der Waals surface area contributed by atoms with Crippen molar-refractivity contribution in [3.63, 3.8) is 0 Å². The van der Waals surface area contributed by atoms with Crippen LogP contribution in [0, 0.1) is 0 Å². The van der Waals surface area contributed by atoms with Gasteiger partial charge in [0.05, 0.1) is 6.54 Å². The number of imidazole rings is 1. The molecule has 0 fully saturated rings. The second-order valence-corrected chi connectivity index (χ2v) is 4.64. The highest BCUT2D eigenvalue weighted by molar-refractivity contribution is 6.17. The summed E-state index contributed by atoms with van der Waals surface area (Å²) in [6.45, 7) is 0.593.